The van der Waals surface area contributed by atoms with E-state index in [0.717, 1.165) is 0 Å². The van der Waals surface area contributed by atoms with Gasteiger partial charge >= 0.3 is 5.97 Å². The van der Waals surface area contributed by atoms with Gasteiger partial charge in [-0.3, -0.25) is 0 Å². The zero-order valence-corrected chi connectivity index (χ0v) is 8.97. The van der Waals surface area contributed by atoms with Crippen LogP contribution in [0, 0.1) is 11.8 Å². The van der Waals surface area contributed by atoms with E-state index >= 15 is 0 Å². The number of rotatable bonds is 3. The van der Waals surface area contributed by atoms with E-state index in [2.05, 4.69) is 0 Å². The first-order valence-electron chi connectivity index (χ1n) is 4.75. The zero-order chi connectivity index (χ0) is 11.6. The molecule has 0 aliphatic heterocycles. The molecule has 0 saturated heterocycles. The SMILES string of the molecule is CC(C)C(C)C(=O)On1c(O)ccc1O. The molecule has 0 spiro atoms. The Morgan fingerprint density at radius 3 is 2.13 bits per heavy atom. The van der Waals surface area contributed by atoms with Gasteiger partial charge in [-0.25, -0.2) is 4.79 Å². The van der Waals surface area contributed by atoms with E-state index in [9.17, 15) is 15.0 Å². The van der Waals surface area contributed by atoms with Crippen molar-refractivity contribution in [1.82, 2.24) is 4.73 Å². The van der Waals surface area contributed by atoms with Crippen LogP contribution in [0.3, 0.4) is 0 Å². The molecule has 1 atom stereocenters. The van der Waals surface area contributed by atoms with Crippen molar-refractivity contribution in [2.24, 2.45) is 11.8 Å². The number of hydrogen-bond donors (Lipinski definition) is 2. The Hall–Kier alpha value is -1.65. The van der Waals surface area contributed by atoms with Crippen LogP contribution in [0.25, 0.3) is 0 Å². The maximum atomic E-state index is 11.5. The Morgan fingerprint density at radius 2 is 1.73 bits per heavy atom. The molecule has 15 heavy (non-hydrogen) atoms. The summed E-state index contributed by atoms with van der Waals surface area (Å²) < 4.78 is 0.696. The molecule has 5 heteroatoms. The third-order valence-corrected chi connectivity index (χ3v) is 2.35. The van der Waals surface area contributed by atoms with Crippen molar-refractivity contribution in [3.63, 3.8) is 0 Å². The summed E-state index contributed by atoms with van der Waals surface area (Å²) in [5.41, 5.74) is 0. The minimum Gasteiger partial charge on any atom is -0.492 e. The molecule has 0 fully saturated rings. The lowest BCUT2D eigenvalue weighted by atomic mass is 9.99. The average molecular weight is 213 g/mol. The molecule has 84 valence electrons. The van der Waals surface area contributed by atoms with Gasteiger partial charge in [0.1, 0.15) is 0 Å². The standard InChI is InChI=1S/C10H15NO4/c1-6(2)7(3)10(14)15-11-8(12)4-5-9(11)13/h4-7,12-13H,1-3H3. The van der Waals surface area contributed by atoms with Crippen molar-refractivity contribution >= 4 is 5.97 Å². The van der Waals surface area contributed by atoms with Crippen molar-refractivity contribution in [3.05, 3.63) is 12.1 Å². The minimum atomic E-state index is -0.494. The van der Waals surface area contributed by atoms with E-state index in [1.165, 1.54) is 12.1 Å². The van der Waals surface area contributed by atoms with Crippen LogP contribution in [0.1, 0.15) is 20.8 Å². The number of aromatic hydroxyl groups is 2. The van der Waals surface area contributed by atoms with Crippen molar-refractivity contribution in [3.8, 4) is 11.8 Å². The van der Waals surface area contributed by atoms with E-state index in [0.29, 0.717) is 4.73 Å². The van der Waals surface area contributed by atoms with Gasteiger partial charge in [-0.1, -0.05) is 20.8 Å². The molecule has 0 radical (unpaired) electrons. The highest BCUT2D eigenvalue weighted by Gasteiger charge is 2.21. The molecule has 0 aromatic carbocycles. The molecule has 1 unspecified atom stereocenters. The second kappa shape index (κ2) is 4.25. The summed E-state index contributed by atoms with van der Waals surface area (Å²) in [5.74, 6) is -1.27. The van der Waals surface area contributed by atoms with Crippen molar-refractivity contribution in [2.75, 3.05) is 0 Å². The number of nitrogens with zero attached hydrogens (tertiary/aromatic N) is 1. The molecule has 2 N–H and O–H groups in total. The van der Waals surface area contributed by atoms with Crippen molar-refractivity contribution in [1.29, 1.82) is 0 Å². The number of carbonyl (C=O) groups is 1. The van der Waals surface area contributed by atoms with Gasteiger partial charge in [-0.15, -0.1) is 4.73 Å². The van der Waals surface area contributed by atoms with Gasteiger partial charge in [-0.05, 0) is 5.92 Å². The highest BCUT2D eigenvalue weighted by atomic mass is 16.7. The van der Waals surface area contributed by atoms with Crippen molar-refractivity contribution < 1.29 is 19.8 Å². The Kier molecular flexibility index (Phi) is 3.24. The fraction of sp³-hybridized carbons (Fsp3) is 0.500. The van der Waals surface area contributed by atoms with Gasteiger partial charge in [0, 0.05) is 12.1 Å². The lowest BCUT2D eigenvalue weighted by molar-refractivity contribution is -0.151. The van der Waals surface area contributed by atoms with Crippen LogP contribution in [-0.4, -0.2) is 20.9 Å². The molecule has 0 saturated carbocycles. The second-order valence-electron chi connectivity index (χ2n) is 3.79. The summed E-state index contributed by atoms with van der Waals surface area (Å²) in [7, 11) is 0. The molecule has 0 aliphatic rings. The Bertz CT molecular complexity index is 337. The first kappa shape index (κ1) is 11.4. The van der Waals surface area contributed by atoms with Crippen LogP contribution < -0.4 is 4.84 Å². The highest BCUT2D eigenvalue weighted by Crippen LogP contribution is 2.20. The molecular weight excluding hydrogens is 198 g/mol. The lowest BCUT2D eigenvalue weighted by Crippen LogP contribution is -2.27. The molecule has 1 heterocycles. The monoisotopic (exact) mass is 213 g/mol. The molecule has 1 aromatic heterocycles. The van der Waals surface area contributed by atoms with Crippen molar-refractivity contribution in [2.45, 2.75) is 20.8 Å². The summed E-state index contributed by atoms with van der Waals surface area (Å²) in [6, 6.07) is 2.48. The summed E-state index contributed by atoms with van der Waals surface area (Å²) in [5, 5.41) is 18.5. The predicted molar refractivity (Wildman–Crippen MR) is 53.4 cm³/mol. The Morgan fingerprint density at radius 1 is 1.27 bits per heavy atom. The molecule has 0 amide bonds. The van der Waals surface area contributed by atoms with Gasteiger partial charge in [0.15, 0.2) is 0 Å². The third kappa shape index (κ3) is 2.43. The zero-order valence-electron chi connectivity index (χ0n) is 8.97. The number of aromatic nitrogens is 1. The summed E-state index contributed by atoms with van der Waals surface area (Å²) in [4.78, 5) is 16.3. The van der Waals surface area contributed by atoms with Crippen LogP contribution in [0.5, 0.6) is 11.8 Å². The fourth-order valence-electron chi connectivity index (χ4n) is 0.941. The lowest BCUT2D eigenvalue weighted by Gasteiger charge is -2.14. The van der Waals surface area contributed by atoms with Crippen LogP contribution >= 0.6 is 0 Å². The van der Waals surface area contributed by atoms with E-state index < -0.39 is 5.97 Å². The highest BCUT2D eigenvalue weighted by molar-refractivity contribution is 5.72. The smallest absolute Gasteiger partial charge is 0.336 e. The number of hydrogen-bond acceptors (Lipinski definition) is 4. The Balaban J connectivity index is 2.75. The summed E-state index contributed by atoms with van der Waals surface area (Å²) in [6.07, 6.45) is 0. The summed E-state index contributed by atoms with van der Waals surface area (Å²) in [6.45, 7) is 5.51. The van der Waals surface area contributed by atoms with Crippen LogP contribution in [-0.2, 0) is 4.79 Å². The topological polar surface area (TPSA) is 71.7 Å². The summed E-state index contributed by atoms with van der Waals surface area (Å²) >= 11 is 0. The van der Waals surface area contributed by atoms with E-state index in [1.54, 1.807) is 6.92 Å². The van der Waals surface area contributed by atoms with Gasteiger partial charge < -0.3 is 15.1 Å². The van der Waals surface area contributed by atoms with Gasteiger partial charge in [0.05, 0.1) is 5.92 Å². The Labute approximate surface area is 87.9 Å². The molecule has 0 bridgehead atoms. The van der Waals surface area contributed by atoms with E-state index in [1.807, 2.05) is 13.8 Å². The quantitative estimate of drug-likeness (QED) is 0.790. The third-order valence-electron chi connectivity index (χ3n) is 2.35. The average Bonchev–Trinajstić information content (AvgIpc) is 2.47. The fourth-order valence-corrected chi connectivity index (χ4v) is 0.941. The largest absolute Gasteiger partial charge is 0.492 e. The van der Waals surface area contributed by atoms with Crippen LogP contribution in [0.2, 0.25) is 0 Å². The first-order valence-corrected chi connectivity index (χ1v) is 4.75. The molecule has 5 nitrogen and oxygen atoms in total. The number of carbonyl (C=O) groups excluding carboxylic acids is 1. The molecular formula is C10H15NO4. The maximum Gasteiger partial charge on any atom is 0.336 e. The normalized spacial score (nSPS) is 12.8. The molecule has 1 aromatic rings. The maximum absolute atomic E-state index is 11.5. The minimum absolute atomic E-state index is 0.136. The first-order chi connectivity index (χ1) is 6.93. The predicted octanol–water partition coefficient (Wildman–Crippen LogP) is 1.15. The van der Waals surface area contributed by atoms with Gasteiger partial charge in [0.2, 0.25) is 11.8 Å². The van der Waals surface area contributed by atoms with E-state index in [4.69, 9.17) is 4.84 Å². The second-order valence-corrected chi connectivity index (χ2v) is 3.79. The van der Waals surface area contributed by atoms with E-state index in [-0.39, 0.29) is 23.6 Å². The van der Waals surface area contributed by atoms with Crippen LogP contribution in [0.4, 0.5) is 0 Å². The molecule has 0 aliphatic carbocycles. The van der Waals surface area contributed by atoms with Gasteiger partial charge in [-0.2, -0.15) is 0 Å². The van der Waals surface area contributed by atoms with Crippen LogP contribution in [0.15, 0.2) is 12.1 Å². The van der Waals surface area contributed by atoms with Gasteiger partial charge in [0.25, 0.3) is 0 Å². The molecule has 1 rings (SSSR count).